The lowest BCUT2D eigenvalue weighted by atomic mass is 9.61. The number of nitrogens with zero attached hydrogens (tertiary/aromatic N) is 1. The Labute approximate surface area is 335 Å². The minimum Gasteiger partial charge on any atom is -0.299 e. The lowest BCUT2D eigenvalue weighted by Crippen LogP contribution is -2.35. The fourth-order valence-corrected chi connectivity index (χ4v) is 11.4. The minimum atomic E-state index is -0.722. The van der Waals surface area contributed by atoms with E-state index in [1.807, 2.05) is 85.0 Å². The van der Waals surface area contributed by atoms with Crippen LogP contribution in [0.5, 0.6) is 0 Å². The van der Waals surface area contributed by atoms with E-state index in [1.165, 1.54) is 5.06 Å². The van der Waals surface area contributed by atoms with E-state index < -0.39 is 22.7 Å². The van der Waals surface area contributed by atoms with Gasteiger partial charge in [0.25, 0.3) is 0 Å². The molecular formula is C52H41F2NO3. The number of Topliss-reactive ketones (excluding diaryl/α,β-unsaturated/α-hetero) is 2. The number of benzene rings is 5. The van der Waals surface area contributed by atoms with Crippen molar-refractivity contribution >= 4 is 62.1 Å². The summed E-state index contributed by atoms with van der Waals surface area (Å²) in [4.78, 5) is 28.1. The first-order valence-corrected chi connectivity index (χ1v) is 20.2. The number of fused-ring (bicyclic) bond motifs is 13. The molecule has 1 aliphatic heterocycles. The largest absolute Gasteiger partial charge is 0.299 e. The highest BCUT2D eigenvalue weighted by molar-refractivity contribution is 6.05. The molecule has 3 unspecified atom stereocenters. The van der Waals surface area contributed by atoms with E-state index in [9.17, 15) is 14.8 Å². The van der Waals surface area contributed by atoms with Crippen LogP contribution in [0, 0.1) is 22.5 Å². The summed E-state index contributed by atoms with van der Waals surface area (Å²) >= 11 is 0. The van der Waals surface area contributed by atoms with Crippen molar-refractivity contribution in [3.05, 3.63) is 170 Å². The number of hydrogen-bond acceptors (Lipinski definition) is 4. The first kappa shape index (κ1) is 35.2. The Balaban J connectivity index is 1.05. The molecule has 0 aromatic heterocycles. The van der Waals surface area contributed by atoms with Gasteiger partial charge in [0, 0.05) is 29.5 Å². The monoisotopic (exact) mass is 765 g/mol. The molecule has 0 amide bonds. The maximum atomic E-state index is 16.1. The average molecular weight is 766 g/mol. The van der Waals surface area contributed by atoms with Gasteiger partial charge in [0.1, 0.15) is 23.2 Å². The lowest BCUT2D eigenvalue weighted by molar-refractivity contribution is -0.122. The molecule has 6 heteroatoms. The van der Waals surface area contributed by atoms with Gasteiger partial charge in [0.2, 0.25) is 0 Å². The van der Waals surface area contributed by atoms with Gasteiger partial charge in [-0.05, 0) is 119 Å². The van der Waals surface area contributed by atoms with Crippen molar-refractivity contribution in [3.63, 3.8) is 0 Å². The predicted molar refractivity (Wildman–Crippen MR) is 227 cm³/mol. The van der Waals surface area contributed by atoms with E-state index in [2.05, 4.69) is 45.9 Å². The van der Waals surface area contributed by atoms with Crippen LogP contribution < -0.4 is 5.06 Å². The number of allylic oxidation sites excluding steroid dienone is 8. The molecule has 4 nitrogen and oxygen atoms in total. The maximum absolute atomic E-state index is 16.1. The molecule has 0 spiro atoms. The minimum absolute atomic E-state index is 0.00455. The number of anilines is 1. The van der Waals surface area contributed by atoms with Gasteiger partial charge in [-0.1, -0.05) is 113 Å². The molecule has 6 aliphatic rings. The zero-order valence-electron chi connectivity index (χ0n) is 32.8. The first-order valence-electron chi connectivity index (χ1n) is 20.2. The van der Waals surface area contributed by atoms with Gasteiger partial charge in [-0.15, -0.1) is 0 Å². The van der Waals surface area contributed by atoms with E-state index in [-0.39, 0.29) is 42.1 Å². The summed E-state index contributed by atoms with van der Waals surface area (Å²) in [7, 11) is 0. The van der Waals surface area contributed by atoms with Crippen LogP contribution in [0.1, 0.15) is 92.2 Å². The van der Waals surface area contributed by atoms with Crippen molar-refractivity contribution in [3.8, 4) is 0 Å². The summed E-state index contributed by atoms with van der Waals surface area (Å²) in [6.07, 6.45) is 13.3. The number of hydroxylamine groups is 1. The van der Waals surface area contributed by atoms with Crippen molar-refractivity contribution in [2.24, 2.45) is 10.8 Å². The van der Waals surface area contributed by atoms with Crippen LogP contribution in [0.4, 0.5) is 14.5 Å². The maximum Gasteiger partial charge on any atom is 0.145 e. The topological polar surface area (TPSA) is 57.6 Å². The number of ketones is 2. The van der Waals surface area contributed by atoms with Crippen LogP contribution in [0.15, 0.2) is 125 Å². The number of carbonyl (C=O) groups excluding carboxylic acids is 2. The molecule has 1 heterocycles. The molecule has 0 fully saturated rings. The Morgan fingerprint density at radius 1 is 0.672 bits per heavy atom. The first-order chi connectivity index (χ1) is 27.8. The van der Waals surface area contributed by atoms with Crippen LogP contribution in [0.25, 0.3) is 44.8 Å². The molecule has 11 rings (SSSR count). The second-order valence-electron chi connectivity index (χ2n) is 18.1. The molecule has 5 aromatic rings. The zero-order chi connectivity index (χ0) is 40.0. The zero-order valence-corrected chi connectivity index (χ0v) is 32.8. The third kappa shape index (κ3) is 4.81. The molecule has 286 valence electrons. The van der Waals surface area contributed by atoms with Crippen molar-refractivity contribution in [2.45, 2.75) is 64.8 Å². The Morgan fingerprint density at radius 2 is 1.21 bits per heavy atom. The van der Waals surface area contributed by atoms with Crippen molar-refractivity contribution in [1.29, 1.82) is 0 Å². The fraction of sp³-hybridized carbons (Fsp3) is 0.231. The van der Waals surface area contributed by atoms with Gasteiger partial charge < -0.3 is 0 Å². The summed E-state index contributed by atoms with van der Waals surface area (Å²) in [6, 6.07) is 24.3. The smallest absolute Gasteiger partial charge is 0.145 e. The normalized spacial score (nSPS) is 23.6. The van der Waals surface area contributed by atoms with E-state index in [4.69, 9.17) is 0 Å². The quantitative estimate of drug-likeness (QED) is 0.194. The van der Waals surface area contributed by atoms with E-state index in [1.54, 1.807) is 12.1 Å². The molecule has 0 saturated carbocycles. The van der Waals surface area contributed by atoms with Gasteiger partial charge in [-0.25, -0.2) is 13.8 Å². The Morgan fingerprint density at radius 3 is 1.79 bits per heavy atom. The van der Waals surface area contributed by atoms with Crippen molar-refractivity contribution < 1.29 is 23.6 Å². The SMILES string of the molecule is CC1(C)CC(=O)C2C(=C1C1=CCC3C(=C1)c1cc(C4=C5C=Cc6c(c(F)cc7ccccc67)C5C(=O)CC4(C)C)ccc1N3O)C=Cc1c2c(F)cc2ccccc12. The Kier molecular flexibility index (Phi) is 7.30. The van der Waals surface area contributed by atoms with Crippen molar-refractivity contribution in [2.75, 3.05) is 5.06 Å². The highest BCUT2D eigenvalue weighted by atomic mass is 19.1. The van der Waals surface area contributed by atoms with Gasteiger partial charge >= 0.3 is 0 Å². The molecule has 3 atom stereocenters. The second kappa shape index (κ2) is 12.0. The average Bonchev–Trinajstić information content (AvgIpc) is 3.46. The van der Waals surface area contributed by atoms with Gasteiger partial charge in [-0.2, -0.15) is 0 Å². The molecule has 0 bridgehead atoms. The molecule has 0 radical (unpaired) electrons. The highest BCUT2D eigenvalue weighted by Gasteiger charge is 2.47. The summed E-state index contributed by atoms with van der Waals surface area (Å²) in [5.41, 5.74) is 9.44. The highest BCUT2D eigenvalue weighted by Crippen LogP contribution is 2.57. The summed E-state index contributed by atoms with van der Waals surface area (Å²) in [6.45, 7) is 8.34. The van der Waals surface area contributed by atoms with Crippen LogP contribution in [-0.4, -0.2) is 22.8 Å². The Bertz CT molecular complexity index is 2970. The number of rotatable bonds is 2. The molecule has 5 aromatic carbocycles. The molecule has 5 aliphatic carbocycles. The fourth-order valence-electron chi connectivity index (χ4n) is 11.4. The lowest BCUT2D eigenvalue weighted by Gasteiger charge is -2.41. The van der Waals surface area contributed by atoms with Gasteiger partial charge in [0.15, 0.2) is 0 Å². The molecule has 0 saturated heterocycles. The third-order valence-electron chi connectivity index (χ3n) is 13.7. The van der Waals surface area contributed by atoms with E-state index in [0.29, 0.717) is 23.2 Å². The predicted octanol–water partition coefficient (Wildman–Crippen LogP) is 12.2. The number of carbonyl (C=O) groups is 2. The van der Waals surface area contributed by atoms with Crippen LogP contribution >= 0.6 is 0 Å². The van der Waals surface area contributed by atoms with Gasteiger partial charge in [0.05, 0.1) is 23.6 Å². The Hall–Kier alpha value is -5.98. The third-order valence-corrected chi connectivity index (χ3v) is 13.7. The van der Waals surface area contributed by atoms with Crippen LogP contribution in [0.2, 0.25) is 0 Å². The van der Waals surface area contributed by atoms with E-state index >= 15 is 8.78 Å². The number of hydrogen-bond donors (Lipinski definition) is 1. The van der Waals surface area contributed by atoms with E-state index in [0.717, 1.165) is 77.2 Å². The molecular weight excluding hydrogens is 725 g/mol. The molecule has 58 heavy (non-hydrogen) atoms. The summed E-state index contributed by atoms with van der Waals surface area (Å²) < 4.78 is 32.2. The number of halogens is 2. The standard InChI is InChI=1S/C52H41F2NO3/c1-51(2)25-43(56)47-35(17-15-33-31-11-7-5-9-27(31)23-39(53)45(33)47)49(51)29-13-19-41-37(21-29)38-22-30(14-20-42(38)55(41)58)50-36-18-16-34-32-12-8-6-10-28(32)24-40(54)46(34)48(36)44(57)26-52(50,3)4/h5-19,21-24,42,47-48,58H,20,25-26H2,1-4H3. The second-order valence-corrected chi connectivity index (χ2v) is 18.1. The van der Waals surface area contributed by atoms with Crippen LogP contribution in [0.3, 0.4) is 0 Å². The summed E-state index contributed by atoms with van der Waals surface area (Å²) in [5, 5.41) is 16.4. The molecule has 1 N–H and O–H groups in total. The van der Waals surface area contributed by atoms with Gasteiger partial charge in [-0.3, -0.25) is 14.8 Å². The van der Waals surface area contributed by atoms with Crippen LogP contribution in [-0.2, 0) is 9.59 Å². The van der Waals surface area contributed by atoms with Crippen molar-refractivity contribution in [1.82, 2.24) is 0 Å². The summed E-state index contributed by atoms with van der Waals surface area (Å²) in [5.74, 6) is -2.16.